The highest BCUT2D eigenvalue weighted by molar-refractivity contribution is 5.97. The van der Waals surface area contributed by atoms with Crippen LogP contribution in [0.5, 0.6) is 11.5 Å². The molecule has 7 nitrogen and oxygen atoms in total. The third-order valence-corrected chi connectivity index (χ3v) is 4.47. The van der Waals surface area contributed by atoms with E-state index in [1.807, 2.05) is 18.2 Å². The summed E-state index contributed by atoms with van der Waals surface area (Å²) in [5.74, 6) is 0.839. The molecule has 2 aromatic carbocycles. The summed E-state index contributed by atoms with van der Waals surface area (Å²) < 4.78 is 15.6. The van der Waals surface area contributed by atoms with E-state index in [0.717, 1.165) is 24.1 Å². The number of nitrogens with one attached hydrogen (secondary N) is 1. The van der Waals surface area contributed by atoms with E-state index in [1.165, 1.54) is 7.11 Å². The van der Waals surface area contributed by atoms with E-state index in [4.69, 9.17) is 14.2 Å². The number of rotatable bonds is 7. The number of nitrogens with zero attached hydrogens (tertiary/aromatic N) is 1. The van der Waals surface area contributed by atoms with Crippen LogP contribution in [0.3, 0.4) is 0 Å². The molecule has 148 valence electrons. The van der Waals surface area contributed by atoms with Crippen molar-refractivity contribution in [2.75, 3.05) is 44.2 Å². The minimum Gasteiger partial charge on any atom is -0.497 e. The molecule has 1 heterocycles. The van der Waals surface area contributed by atoms with E-state index in [0.29, 0.717) is 23.7 Å². The number of fused-ring (bicyclic) bond motifs is 1. The number of carbonyl (C=O) groups is 2. The summed E-state index contributed by atoms with van der Waals surface area (Å²) in [6.45, 7) is 0.548. The van der Waals surface area contributed by atoms with Gasteiger partial charge in [-0.3, -0.25) is 9.59 Å². The highest BCUT2D eigenvalue weighted by atomic mass is 16.5. The molecule has 7 heteroatoms. The predicted molar refractivity (Wildman–Crippen MR) is 106 cm³/mol. The van der Waals surface area contributed by atoms with Gasteiger partial charge in [0.05, 0.1) is 7.11 Å². The molecule has 0 unspecified atom stereocenters. The summed E-state index contributed by atoms with van der Waals surface area (Å²) >= 11 is 0. The zero-order chi connectivity index (χ0) is 19.9. The van der Waals surface area contributed by atoms with Gasteiger partial charge in [-0.05, 0) is 42.7 Å². The molecule has 2 aromatic rings. The van der Waals surface area contributed by atoms with Gasteiger partial charge >= 0.3 is 0 Å². The Morgan fingerprint density at radius 1 is 1.07 bits per heavy atom. The fourth-order valence-corrected chi connectivity index (χ4v) is 3.15. The molecule has 0 spiro atoms. The number of hydrogen-bond acceptors (Lipinski definition) is 5. The van der Waals surface area contributed by atoms with E-state index in [-0.39, 0.29) is 25.0 Å². The molecule has 0 saturated carbocycles. The molecule has 0 aliphatic carbocycles. The fourth-order valence-electron chi connectivity index (χ4n) is 3.15. The number of ether oxygens (including phenoxy) is 3. The maximum absolute atomic E-state index is 12.3. The first-order chi connectivity index (χ1) is 13.6. The van der Waals surface area contributed by atoms with Crippen molar-refractivity contribution in [3.63, 3.8) is 0 Å². The molecule has 1 aliphatic rings. The monoisotopic (exact) mass is 384 g/mol. The summed E-state index contributed by atoms with van der Waals surface area (Å²) in [7, 11) is 3.07. The van der Waals surface area contributed by atoms with Crippen molar-refractivity contribution in [1.29, 1.82) is 0 Å². The Labute approximate surface area is 164 Å². The average Bonchev–Trinajstić information content (AvgIpc) is 2.72. The highest BCUT2D eigenvalue weighted by Crippen LogP contribution is 2.30. The SMILES string of the molecule is COCC(=O)N1CCCc2ccc(NC(=O)COc3cccc(OC)c3)cc21. The summed E-state index contributed by atoms with van der Waals surface area (Å²) in [6, 6.07) is 12.7. The van der Waals surface area contributed by atoms with Gasteiger partial charge in [0.1, 0.15) is 18.1 Å². The smallest absolute Gasteiger partial charge is 0.262 e. The van der Waals surface area contributed by atoms with E-state index in [9.17, 15) is 9.59 Å². The van der Waals surface area contributed by atoms with E-state index >= 15 is 0 Å². The van der Waals surface area contributed by atoms with Crippen LogP contribution in [0.15, 0.2) is 42.5 Å². The molecule has 0 aromatic heterocycles. The Balaban J connectivity index is 1.65. The van der Waals surface area contributed by atoms with Gasteiger partial charge in [0.25, 0.3) is 11.8 Å². The molecule has 28 heavy (non-hydrogen) atoms. The van der Waals surface area contributed by atoms with Gasteiger partial charge in [-0.1, -0.05) is 12.1 Å². The average molecular weight is 384 g/mol. The molecule has 1 N–H and O–H groups in total. The third kappa shape index (κ3) is 4.80. The predicted octanol–water partition coefficient (Wildman–Crippen LogP) is 2.64. The number of hydrogen-bond donors (Lipinski definition) is 1. The first-order valence-electron chi connectivity index (χ1n) is 9.09. The molecule has 0 bridgehead atoms. The van der Waals surface area contributed by atoms with Crippen molar-refractivity contribution >= 4 is 23.2 Å². The molecule has 0 radical (unpaired) electrons. The lowest BCUT2D eigenvalue weighted by molar-refractivity contribution is -0.122. The largest absolute Gasteiger partial charge is 0.497 e. The van der Waals surface area contributed by atoms with Crippen LogP contribution in [0, 0.1) is 0 Å². The van der Waals surface area contributed by atoms with Crippen LogP contribution in [0.4, 0.5) is 11.4 Å². The number of anilines is 2. The maximum atomic E-state index is 12.3. The standard InChI is InChI=1S/C21H24N2O5/c1-26-14-21(25)23-10-4-5-15-8-9-16(11-19(15)23)22-20(24)13-28-18-7-3-6-17(12-18)27-2/h3,6-9,11-12H,4-5,10,13-14H2,1-2H3,(H,22,24). The summed E-state index contributed by atoms with van der Waals surface area (Å²) in [5, 5.41) is 2.82. The van der Waals surface area contributed by atoms with Crippen molar-refractivity contribution in [3.8, 4) is 11.5 Å². The van der Waals surface area contributed by atoms with Crippen LogP contribution in [0.25, 0.3) is 0 Å². The lowest BCUT2D eigenvalue weighted by Gasteiger charge is -2.29. The van der Waals surface area contributed by atoms with Crippen molar-refractivity contribution < 1.29 is 23.8 Å². The van der Waals surface area contributed by atoms with E-state index in [1.54, 1.807) is 36.3 Å². The van der Waals surface area contributed by atoms with Crippen LogP contribution in [0.2, 0.25) is 0 Å². The Kier molecular flexibility index (Phi) is 6.49. The molecule has 0 saturated heterocycles. The molecule has 2 amide bonds. The zero-order valence-corrected chi connectivity index (χ0v) is 16.1. The molecule has 3 rings (SSSR count). The summed E-state index contributed by atoms with van der Waals surface area (Å²) in [5.41, 5.74) is 2.52. The Morgan fingerprint density at radius 2 is 1.89 bits per heavy atom. The molecular weight excluding hydrogens is 360 g/mol. The lowest BCUT2D eigenvalue weighted by Crippen LogP contribution is -2.37. The third-order valence-electron chi connectivity index (χ3n) is 4.47. The first kappa shape index (κ1) is 19.7. The number of amides is 2. The van der Waals surface area contributed by atoms with Gasteiger partial charge in [0, 0.05) is 31.1 Å². The zero-order valence-electron chi connectivity index (χ0n) is 16.1. The Morgan fingerprint density at radius 3 is 2.68 bits per heavy atom. The van der Waals surface area contributed by atoms with Gasteiger partial charge in [-0.25, -0.2) is 0 Å². The number of aryl methyl sites for hydroxylation is 1. The molecule has 0 fully saturated rings. The Hall–Kier alpha value is -3.06. The molecule has 1 aliphatic heterocycles. The minimum atomic E-state index is -0.284. The topological polar surface area (TPSA) is 77.1 Å². The van der Waals surface area contributed by atoms with Gasteiger partial charge in [-0.2, -0.15) is 0 Å². The molecule has 0 atom stereocenters. The van der Waals surface area contributed by atoms with E-state index in [2.05, 4.69) is 5.32 Å². The quantitative estimate of drug-likeness (QED) is 0.794. The van der Waals surface area contributed by atoms with Gasteiger partial charge in [-0.15, -0.1) is 0 Å². The van der Waals surface area contributed by atoms with Gasteiger partial charge in [0.15, 0.2) is 6.61 Å². The normalized spacial score (nSPS) is 12.9. The van der Waals surface area contributed by atoms with E-state index < -0.39 is 0 Å². The number of carbonyl (C=O) groups excluding carboxylic acids is 2. The fraction of sp³-hybridized carbons (Fsp3) is 0.333. The minimum absolute atomic E-state index is 0.0321. The number of methoxy groups -OCH3 is 2. The Bertz CT molecular complexity index is 852. The summed E-state index contributed by atoms with van der Waals surface area (Å²) in [6.07, 6.45) is 1.81. The van der Waals surface area contributed by atoms with Crippen LogP contribution < -0.4 is 19.7 Å². The van der Waals surface area contributed by atoms with Crippen LogP contribution in [-0.4, -0.2) is 45.8 Å². The van der Waals surface area contributed by atoms with Crippen LogP contribution >= 0.6 is 0 Å². The second-order valence-corrected chi connectivity index (χ2v) is 6.44. The second kappa shape index (κ2) is 9.23. The van der Waals surface area contributed by atoms with Crippen LogP contribution in [-0.2, 0) is 20.7 Å². The molecular formula is C21H24N2O5. The second-order valence-electron chi connectivity index (χ2n) is 6.44. The van der Waals surface area contributed by atoms with Crippen molar-refractivity contribution in [3.05, 3.63) is 48.0 Å². The van der Waals surface area contributed by atoms with Crippen molar-refractivity contribution in [2.24, 2.45) is 0 Å². The lowest BCUT2D eigenvalue weighted by atomic mass is 10.0. The van der Waals surface area contributed by atoms with Gasteiger partial charge in [0.2, 0.25) is 0 Å². The first-order valence-corrected chi connectivity index (χ1v) is 9.09. The van der Waals surface area contributed by atoms with Crippen molar-refractivity contribution in [1.82, 2.24) is 0 Å². The van der Waals surface area contributed by atoms with Crippen LogP contribution in [0.1, 0.15) is 12.0 Å². The number of benzene rings is 2. The highest BCUT2D eigenvalue weighted by Gasteiger charge is 2.22. The van der Waals surface area contributed by atoms with Gasteiger partial charge < -0.3 is 24.4 Å². The maximum Gasteiger partial charge on any atom is 0.262 e. The summed E-state index contributed by atoms with van der Waals surface area (Å²) in [4.78, 5) is 26.3. The van der Waals surface area contributed by atoms with Crippen molar-refractivity contribution in [2.45, 2.75) is 12.8 Å².